The first kappa shape index (κ1) is 15.1. The van der Waals surface area contributed by atoms with E-state index < -0.39 is 0 Å². The van der Waals surface area contributed by atoms with Crippen molar-refractivity contribution in [2.24, 2.45) is 0 Å². The molecular weight excluding hydrogens is 272 g/mol. The maximum Gasteiger partial charge on any atom is 0.271 e. The summed E-state index contributed by atoms with van der Waals surface area (Å²) in [6, 6.07) is 0. The van der Waals surface area contributed by atoms with E-state index in [-0.39, 0.29) is 10.7 Å². The normalized spacial score (nSPS) is 17.5. The van der Waals surface area contributed by atoms with Crippen LogP contribution in [0.2, 0.25) is 0 Å². The number of aromatic nitrogens is 2. The van der Waals surface area contributed by atoms with Gasteiger partial charge in [0, 0.05) is 18.3 Å². The molecule has 0 aliphatic heterocycles. The highest BCUT2D eigenvalue weighted by Crippen LogP contribution is 2.37. The van der Waals surface area contributed by atoms with Gasteiger partial charge in [0.25, 0.3) is 5.91 Å². The second-order valence-corrected chi connectivity index (χ2v) is 6.44. The molecular formula is C14H22N4OS. The summed E-state index contributed by atoms with van der Waals surface area (Å²) >= 11 is 1.87. The summed E-state index contributed by atoms with van der Waals surface area (Å²) in [5, 5.41) is 5.91. The predicted molar refractivity (Wildman–Crippen MR) is 83.2 cm³/mol. The average molecular weight is 294 g/mol. The first-order valence-corrected chi connectivity index (χ1v) is 8.25. The van der Waals surface area contributed by atoms with Crippen LogP contribution in [-0.4, -0.2) is 40.5 Å². The summed E-state index contributed by atoms with van der Waals surface area (Å²) in [7, 11) is 1.76. The Morgan fingerprint density at radius 2 is 2.10 bits per heavy atom. The smallest absolute Gasteiger partial charge is 0.271 e. The first-order chi connectivity index (χ1) is 9.69. The number of anilines is 1. The Kier molecular flexibility index (Phi) is 5.23. The second-order valence-electron chi connectivity index (χ2n) is 5.17. The van der Waals surface area contributed by atoms with Gasteiger partial charge in [-0.25, -0.2) is 4.98 Å². The summed E-state index contributed by atoms with van der Waals surface area (Å²) in [4.78, 5) is 20.4. The predicted octanol–water partition coefficient (Wildman–Crippen LogP) is 2.31. The van der Waals surface area contributed by atoms with Gasteiger partial charge in [0.05, 0.1) is 12.4 Å². The van der Waals surface area contributed by atoms with E-state index in [1.165, 1.54) is 38.3 Å². The summed E-state index contributed by atoms with van der Waals surface area (Å²) in [5.41, 5.74) is 0.365. The average Bonchev–Trinajstić information content (AvgIpc) is 2.53. The monoisotopic (exact) mass is 294 g/mol. The topological polar surface area (TPSA) is 66.9 Å². The van der Waals surface area contributed by atoms with Crippen LogP contribution >= 0.6 is 11.8 Å². The molecule has 1 aliphatic rings. The van der Waals surface area contributed by atoms with Crippen molar-refractivity contribution in [2.75, 3.05) is 25.2 Å². The van der Waals surface area contributed by atoms with Crippen LogP contribution < -0.4 is 10.6 Å². The molecule has 1 aromatic heterocycles. The van der Waals surface area contributed by atoms with Crippen LogP contribution in [0, 0.1) is 0 Å². The van der Waals surface area contributed by atoms with Crippen LogP contribution in [0.25, 0.3) is 0 Å². The molecule has 6 heteroatoms. The molecule has 2 N–H and O–H groups in total. The molecule has 1 aromatic rings. The fourth-order valence-electron chi connectivity index (χ4n) is 2.58. The lowest BCUT2D eigenvalue weighted by molar-refractivity contribution is 0.0941. The molecule has 1 amide bonds. The zero-order valence-corrected chi connectivity index (χ0v) is 12.9. The summed E-state index contributed by atoms with van der Waals surface area (Å²) in [6.07, 6.45) is 11.4. The van der Waals surface area contributed by atoms with Crippen molar-refractivity contribution in [1.29, 1.82) is 0 Å². The molecule has 0 saturated heterocycles. The molecule has 1 saturated carbocycles. The molecule has 1 aliphatic carbocycles. The Bertz CT molecular complexity index is 460. The SMILES string of the molecule is CNc1cncc(C(=O)NCC2(SC)CCCCC2)n1. The minimum absolute atomic E-state index is 0.145. The molecule has 110 valence electrons. The van der Waals surface area contributed by atoms with Crippen LogP contribution in [0.3, 0.4) is 0 Å². The van der Waals surface area contributed by atoms with Gasteiger partial charge in [0.15, 0.2) is 0 Å². The number of amides is 1. The van der Waals surface area contributed by atoms with E-state index in [1.54, 1.807) is 13.2 Å². The molecule has 0 atom stereocenters. The number of carbonyl (C=O) groups is 1. The maximum absolute atomic E-state index is 12.2. The van der Waals surface area contributed by atoms with Crippen LogP contribution in [0.15, 0.2) is 12.4 Å². The molecule has 20 heavy (non-hydrogen) atoms. The summed E-state index contributed by atoms with van der Waals surface area (Å²) in [6.45, 7) is 0.707. The van der Waals surface area contributed by atoms with Crippen molar-refractivity contribution in [3.8, 4) is 0 Å². The van der Waals surface area contributed by atoms with Crippen LogP contribution in [0.4, 0.5) is 5.82 Å². The number of hydrogen-bond donors (Lipinski definition) is 2. The lowest BCUT2D eigenvalue weighted by Gasteiger charge is -2.35. The number of hydrogen-bond acceptors (Lipinski definition) is 5. The molecule has 1 fully saturated rings. The first-order valence-electron chi connectivity index (χ1n) is 7.02. The van der Waals surface area contributed by atoms with Crippen molar-refractivity contribution >= 4 is 23.5 Å². The summed E-state index contributed by atoms with van der Waals surface area (Å²) < 4.78 is 0.196. The number of thioether (sulfide) groups is 1. The Hall–Kier alpha value is -1.30. The van der Waals surface area contributed by atoms with Gasteiger partial charge in [-0.15, -0.1) is 0 Å². The lowest BCUT2D eigenvalue weighted by atomic mass is 9.88. The highest BCUT2D eigenvalue weighted by atomic mass is 32.2. The van der Waals surface area contributed by atoms with Crippen LogP contribution in [0.1, 0.15) is 42.6 Å². The van der Waals surface area contributed by atoms with Crippen molar-refractivity contribution < 1.29 is 4.79 Å². The van der Waals surface area contributed by atoms with Gasteiger partial charge in [-0.1, -0.05) is 19.3 Å². The fraction of sp³-hybridized carbons (Fsp3) is 0.643. The standard InChI is InChI=1S/C14H22N4OS/c1-15-12-9-16-8-11(18-12)13(19)17-10-14(20-2)6-4-3-5-7-14/h8-9H,3-7,10H2,1-2H3,(H,15,18)(H,17,19). The van der Waals surface area contributed by atoms with E-state index in [2.05, 4.69) is 26.9 Å². The second kappa shape index (κ2) is 6.92. The van der Waals surface area contributed by atoms with Gasteiger partial charge in [-0.3, -0.25) is 9.78 Å². The van der Waals surface area contributed by atoms with Crippen molar-refractivity contribution in [3.63, 3.8) is 0 Å². The highest BCUT2D eigenvalue weighted by Gasteiger charge is 2.31. The van der Waals surface area contributed by atoms with E-state index >= 15 is 0 Å². The van der Waals surface area contributed by atoms with E-state index in [0.29, 0.717) is 18.1 Å². The van der Waals surface area contributed by atoms with Gasteiger partial charge >= 0.3 is 0 Å². The van der Waals surface area contributed by atoms with Gasteiger partial charge in [-0.2, -0.15) is 11.8 Å². The Morgan fingerprint density at radius 3 is 2.75 bits per heavy atom. The van der Waals surface area contributed by atoms with Crippen molar-refractivity contribution in [2.45, 2.75) is 36.9 Å². The summed E-state index contributed by atoms with van der Waals surface area (Å²) in [5.74, 6) is 0.462. The molecule has 2 rings (SSSR count). The maximum atomic E-state index is 12.2. The Labute approximate surface area is 124 Å². The molecule has 0 spiro atoms. The van der Waals surface area contributed by atoms with Gasteiger partial charge in [0.1, 0.15) is 11.5 Å². The fourth-order valence-corrected chi connectivity index (χ4v) is 3.49. The molecule has 1 heterocycles. The minimum Gasteiger partial charge on any atom is -0.372 e. The highest BCUT2D eigenvalue weighted by molar-refractivity contribution is 8.00. The van der Waals surface area contributed by atoms with E-state index in [1.807, 2.05) is 11.8 Å². The van der Waals surface area contributed by atoms with Gasteiger partial charge in [0.2, 0.25) is 0 Å². The van der Waals surface area contributed by atoms with Crippen LogP contribution in [0.5, 0.6) is 0 Å². The Morgan fingerprint density at radius 1 is 1.35 bits per heavy atom. The molecule has 0 aromatic carbocycles. The molecule has 0 radical (unpaired) electrons. The third-order valence-corrected chi connectivity index (χ3v) is 5.31. The Balaban J connectivity index is 1.96. The third-order valence-electron chi connectivity index (χ3n) is 3.89. The number of rotatable bonds is 5. The quantitative estimate of drug-likeness (QED) is 0.872. The zero-order valence-electron chi connectivity index (χ0n) is 12.1. The number of nitrogens with zero attached hydrogens (tertiary/aromatic N) is 2. The van der Waals surface area contributed by atoms with Gasteiger partial charge < -0.3 is 10.6 Å². The minimum atomic E-state index is -0.145. The number of carbonyl (C=O) groups excluding carboxylic acids is 1. The van der Waals surface area contributed by atoms with E-state index in [0.717, 1.165) is 0 Å². The molecule has 5 nitrogen and oxygen atoms in total. The largest absolute Gasteiger partial charge is 0.372 e. The lowest BCUT2D eigenvalue weighted by Crippen LogP contribution is -2.42. The number of nitrogens with one attached hydrogen (secondary N) is 2. The third kappa shape index (κ3) is 3.62. The van der Waals surface area contributed by atoms with Crippen LogP contribution in [-0.2, 0) is 0 Å². The van der Waals surface area contributed by atoms with Crippen molar-refractivity contribution in [3.05, 3.63) is 18.1 Å². The van der Waals surface area contributed by atoms with Crippen molar-refractivity contribution in [1.82, 2.24) is 15.3 Å². The molecule has 0 bridgehead atoms. The van der Waals surface area contributed by atoms with Gasteiger partial charge in [-0.05, 0) is 19.1 Å². The molecule has 0 unspecified atom stereocenters. The van der Waals surface area contributed by atoms with E-state index in [9.17, 15) is 4.79 Å². The van der Waals surface area contributed by atoms with E-state index in [4.69, 9.17) is 0 Å². The zero-order chi connectivity index (χ0) is 14.4.